The topological polar surface area (TPSA) is 78.9 Å². The highest BCUT2D eigenvalue weighted by Crippen LogP contribution is 2.75. The lowest BCUT2D eigenvalue weighted by Crippen LogP contribution is -2.67. The Hall–Kier alpha value is -1.53. The number of fused-ring (bicyclic) bond motifs is 7. The van der Waals surface area contributed by atoms with E-state index in [1.54, 1.807) is 0 Å². The predicted molar refractivity (Wildman–Crippen MR) is 151 cm³/mol. The molecule has 0 aromatic rings. The van der Waals surface area contributed by atoms with Crippen LogP contribution in [0.1, 0.15) is 99.3 Å². The van der Waals surface area contributed by atoms with Crippen molar-refractivity contribution in [2.24, 2.45) is 56.7 Å². The zero-order valence-electron chi connectivity index (χ0n) is 25.8. The van der Waals surface area contributed by atoms with E-state index < -0.39 is 11.2 Å². The van der Waals surface area contributed by atoms with Crippen molar-refractivity contribution in [3.05, 3.63) is 11.6 Å². The van der Waals surface area contributed by atoms with Crippen molar-refractivity contribution in [2.75, 3.05) is 20.3 Å². The smallest absolute Gasteiger partial charge is 0.308 e. The van der Waals surface area contributed by atoms with E-state index in [9.17, 15) is 14.4 Å². The third kappa shape index (κ3) is 3.50. The molecular weight excluding hydrogens is 504 g/mol. The van der Waals surface area contributed by atoms with E-state index in [2.05, 4.69) is 47.6 Å². The Morgan fingerprint density at radius 3 is 2.33 bits per heavy atom. The molecule has 6 rings (SSSR count). The van der Waals surface area contributed by atoms with E-state index in [1.165, 1.54) is 12.7 Å². The van der Waals surface area contributed by atoms with Crippen molar-refractivity contribution in [3.8, 4) is 0 Å². The number of allylic oxidation sites excluding steroid dienone is 2. The molecule has 5 aliphatic carbocycles. The van der Waals surface area contributed by atoms with Crippen LogP contribution in [0.15, 0.2) is 11.6 Å². The lowest BCUT2D eigenvalue weighted by molar-refractivity contribution is -0.293. The van der Waals surface area contributed by atoms with Gasteiger partial charge in [-0.1, -0.05) is 47.1 Å². The molecule has 0 radical (unpaired) electrons. The van der Waals surface area contributed by atoms with Gasteiger partial charge < -0.3 is 19.0 Å². The van der Waals surface area contributed by atoms with Crippen LogP contribution in [0.3, 0.4) is 0 Å². The van der Waals surface area contributed by atoms with Crippen LogP contribution in [0.5, 0.6) is 0 Å². The molecule has 9 atom stereocenters. The minimum atomic E-state index is -0.716. The normalized spacial score (nSPS) is 48.7. The highest BCUT2D eigenvalue weighted by Gasteiger charge is 2.72. The standard InChI is InChI=1S/C34H50O6/c1-29(2)19-22-21(23(20-29)28(37)38-7)8-10-33(6)27(22)24(36)18-26-30(3)12-13-34(39-16-17-40-34)32(5,14-15-35)25(30)9-11-31(26,33)4/h15,18,21-23,25,27H,8-14,16-17,19-20H2,1-7H3/t21?,22-,23-,25-,27+,30+,31-,32+,33-/m1/s1. The third-order valence-electron chi connectivity index (χ3n) is 13.9. The fourth-order valence-corrected chi connectivity index (χ4v) is 11.9. The van der Waals surface area contributed by atoms with Crippen LogP contribution in [0.25, 0.3) is 0 Å². The molecule has 0 aromatic heterocycles. The molecule has 5 fully saturated rings. The molecule has 0 N–H and O–H groups in total. The van der Waals surface area contributed by atoms with Crippen LogP contribution in [0.4, 0.5) is 0 Å². The van der Waals surface area contributed by atoms with Gasteiger partial charge in [0.05, 0.1) is 26.2 Å². The Balaban J connectivity index is 1.43. The predicted octanol–water partition coefficient (Wildman–Crippen LogP) is 6.31. The second-order valence-electron chi connectivity index (χ2n) is 16.0. The lowest BCUT2D eigenvalue weighted by Gasteiger charge is -2.70. The molecule has 1 unspecified atom stereocenters. The first-order valence-corrected chi connectivity index (χ1v) is 15.8. The minimum absolute atomic E-state index is 0.0112. The third-order valence-corrected chi connectivity index (χ3v) is 13.9. The molecule has 6 nitrogen and oxygen atoms in total. The van der Waals surface area contributed by atoms with Crippen molar-refractivity contribution in [3.63, 3.8) is 0 Å². The Morgan fingerprint density at radius 1 is 0.975 bits per heavy atom. The number of ketones is 1. The quantitative estimate of drug-likeness (QED) is 0.301. The van der Waals surface area contributed by atoms with Gasteiger partial charge in [0.15, 0.2) is 11.6 Å². The number of aldehydes is 1. The Labute approximate surface area is 240 Å². The SMILES string of the molecule is COC(=O)[C@@H]1CC(C)(C)C[C@@H]2C1CC[C@]1(C)[C@@H]2C(=O)C=C2[C@@]3(C)CCC4(OCCO4)[C@@](C)(CC=O)[C@@H]3CC[C@]21C. The molecule has 4 saturated carbocycles. The number of hydrogen-bond acceptors (Lipinski definition) is 6. The molecule has 40 heavy (non-hydrogen) atoms. The largest absolute Gasteiger partial charge is 0.469 e. The monoisotopic (exact) mass is 554 g/mol. The first kappa shape index (κ1) is 28.6. The average molecular weight is 555 g/mol. The lowest BCUT2D eigenvalue weighted by atomic mass is 9.34. The van der Waals surface area contributed by atoms with Gasteiger partial charge in [0.2, 0.25) is 0 Å². The van der Waals surface area contributed by atoms with Crippen LogP contribution in [0.2, 0.25) is 0 Å². The van der Waals surface area contributed by atoms with E-state index in [-0.39, 0.29) is 63.0 Å². The molecule has 222 valence electrons. The number of hydrogen-bond donors (Lipinski definition) is 0. The van der Waals surface area contributed by atoms with Gasteiger partial charge in [0.25, 0.3) is 0 Å². The van der Waals surface area contributed by atoms with Gasteiger partial charge >= 0.3 is 5.97 Å². The molecule has 1 saturated heterocycles. The first-order valence-electron chi connectivity index (χ1n) is 15.8. The summed E-state index contributed by atoms with van der Waals surface area (Å²) in [4.78, 5) is 39.6. The molecule has 1 aliphatic heterocycles. The van der Waals surface area contributed by atoms with Gasteiger partial charge in [-0.15, -0.1) is 0 Å². The summed E-state index contributed by atoms with van der Waals surface area (Å²) in [6, 6.07) is 0. The summed E-state index contributed by atoms with van der Waals surface area (Å²) in [7, 11) is 1.50. The van der Waals surface area contributed by atoms with Gasteiger partial charge in [0.1, 0.15) is 6.29 Å². The summed E-state index contributed by atoms with van der Waals surface area (Å²) < 4.78 is 18.0. The van der Waals surface area contributed by atoms with Gasteiger partial charge in [-0.25, -0.2) is 0 Å². The second kappa shape index (κ2) is 8.99. The van der Waals surface area contributed by atoms with E-state index in [0.29, 0.717) is 19.6 Å². The van der Waals surface area contributed by atoms with Gasteiger partial charge in [-0.2, -0.15) is 0 Å². The zero-order chi connectivity index (χ0) is 28.9. The molecule has 0 amide bonds. The molecule has 0 bridgehead atoms. The van der Waals surface area contributed by atoms with E-state index >= 15 is 0 Å². The maximum atomic E-state index is 14.5. The number of esters is 1. The number of methoxy groups -OCH3 is 1. The maximum Gasteiger partial charge on any atom is 0.308 e. The fourth-order valence-electron chi connectivity index (χ4n) is 11.9. The molecule has 1 heterocycles. The molecular formula is C34H50O6. The average Bonchev–Trinajstić information content (AvgIpc) is 3.37. The summed E-state index contributed by atoms with van der Waals surface area (Å²) in [5.41, 5.74) is 0.361. The molecule has 6 heteroatoms. The highest BCUT2D eigenvalue weighted by atomic mass is 16.7. The summed E-state index contributed by atoms with van der Waals surface area (Å²) in [6.07, 6.45) is 10.9. The second-order valence-corrected chi connectivity index (χ2v) is 16.0. The van der Waals surface area contributed by atoms with Crippen LogP contribution < -0.4 is 0 Å². The maximum absolute atomic E-state index is 14.5. The van der Waals surface area contributed by atoms with Crippen LogP contribution in [-0.2, 0) is 28.6 Å². The summed E-state index contributed by atoms with van der Waals surface area (Å²) >= 11 is 0. The Morgan fingerprint density at radius 2 is 1.68 bits per heavy atom. The van der Waals surface area contributed by atoms with Crippen molar-refractivity contribution in [1.29, 1.82) is 0 Å². The highest BCUT2D eigenvalue weighted by molar-refractivity contribution is 5.95. The number of carbonyl (C=O) groups excluding carboxylic acids is 3. The zero-order valence-corrected chi connectivity index (χ0v) is 25.8. The number of ether oxygens (including phenoxy) is 3. The summed E-state index contributed by atoms with van der Waals surface area (Å²) in [5.74, 6) is -0.183. The number of rotatable bonds is 3. The van der Waals surface area contributed by atoms with Crippen molar-refractivity contribution < 1.29 is 28.6 Å². The van der Waals surface area contributed by atoms with E-state index in [4.69, 9.17) is 14.2 Å². The minimum Gasteiger partial charge on any atom is -0.469 e. The fraction of sp³-hybridized carbons (Fsp3) is 0.853. The molecule has 1 spiro atoms. The Bertz CT molecular complexity index is 1130. The van der Waals surface area contributed by atoms with Crippen molar-refractivity contribution in [1.82, 2.24) is 0 Å². The van der Waals surface area contributed by atoms with Crippen LogP contribution >= 0.6 is 0 Å². The Kier molecular flexibility index (Phi) is 6.42. The van der Waals surface area contributed by atoms with E-state index in [0.717, 1.165) is 57.7 Å². The van der Waals surface area contributed by atoms with Gasteiger partial charge in [0, 0.05) is 24.2 Å². The number of carbonyl (C=O) groups is 3. The molecule has 6 aliphatic rings. The first-order chi connectivity index (χ1) is 18.7. The molecule has 0 aromatic carbocycles. The summed E-state index contributed by atoms with van der Waals surface area (Å²) in [5, 5.41) is 0. The van der Waals surface area contributed by atoms with Gasteiger partial charge in [-0.05, 0) is 90.4 Å². The van der Waals surface area contributed by atoms with Crippen molar-refractivity contribution in [2.45, 2.75) is 105 Å². The van der Waals surface area contributed by atoms with Crippen molar-refractivity contribution >= 4 is 18.0 Å². The summed E-state index contributed by atoms with van der Waals surface area (Å²) in [6.45, 7) is 15.1. The van der Waals surface area contributed by atoms with Crippen LogP contribution in [0, 0.1) is 56.7 Å². The van der Waals surface area contributed by atoms with E-state index in [1.807, 2.05) is 0 Å². The van der Waals surface area contributed by atoms with Gasteiger partial charge in [-0.3, -0.25) is 9.59 Å². The van der Waals surface area contributed by atoms with Crippen LogP contribution in [-0.4, -0.2) is 44.1 Å².